The summed E-state index contributed by atoms with van der Waals surface area (Å²) >= 11 is 12.2. The van der Waals surface area contributed by atoms with Crippen molar-refractivity contribution in [1.29, 1.82) is 0 Å². The van der Waals surface area contributed by atoms with Gasteiger partial charge in [-0.05, 0) is 42.8 Å². The predicted molar refractivity (Wildman–Crippen MR) is 98.6 cm³/mol. The Balaban J connectivity index is 1.75. The zero-order valence-electron chi connectivity index (χ0n) is 13.2. The Bertz CT molecular complexity index is 847. The molecule has 0 N–H and O–H groups in total. The third-order valence-corrected chi connectivity index (χ3v) is 6.55. The Hall–Kier alpha value is -1.27. The molecule has 1 heterocycles. The number of rotatable bonds is 3. The van der Waals surface area contributed by atoms with Gasteiger partial charge in [-0.3, -0.25) is 0 Å². The molecule has 2 aromatic rings. The third kappa shape index (κ3) is 3.54. The van der Waals surface area contributed by atoms with Crippen LogP contribution in [0.25, 0.3) is 0 Å². The van der Waals surface area contributed by atoms with E-state index in [9.17, 15) is 8.42 Å². The van der Waals surface area contributed by atoms with E-state index in [2.05, 4.69) is 4.90 Å². The maximum absolute atomic E-state index is 12.8. The highest BCUT2D eigenvalue weighted by Gasteiger charge is 2.29. The van der Waals surface area contributed by atoms with E-state index < -0.39 is 10.0 Å². The molecule has 0 aromatic heterocycles. The maximum atomic E-state index is 12.8. The molecule has 0 amide bonds. The molecule has 0 atom stereocenters. The molecule has 24 heavy (non-hydrogen) atoms. The molecule has 0 aliphatic carbocycles. The van der Waals surface area contributed by atoms with Crippen molar-refractivity contribution in [3.05, 3.63) is 58.1 Å². The average molecular weight is 385 g/mol. The van der Waals surface area contributed by atoms with Crippen LogP contribution in [0.2, 0.25) is 10.0 Å². The minimum Gasteiger partial charge on any atom is -0.368 e. The minimum atomic E-state index is -3.45. The van der Waals surface area contributed by atoms with Gasteiger partial charge in [0.25, 0.3) is 0 Å². The molecular formula is C17H18Cl2N2O2S. The van der Waals surface area contributed by atoms with Crippen LogP contribution in [0.1, 0.15) is 5.56 Å². The number of aryl methyl sites for hydroxylation is 1. The van der Waals surface area contributed by atoms with Gasteiger partial charge < -0.3 is 4.90 Å². The van der Waals surface area contributed by atoms with Crippen molar-refractivity contribution < 1.29 is 8.42 Å². The first-order valence-electron chi connectivity index (χ1n) is 7.65. The molecule has 1 fully saturated rings. The SMILES string of the molecule is Cc1cccc(S(=O)(=O)N2CCN(c3ccc(Cl)cc3Cl)CC2)c1. The van der Waals surface area contributed by atoms with Gasteiger partial charge in [0.2, 0.25) is 10.0 Å². The Morgan fingerprint density at radius 2 is 1.67 bits per heavy atom. The molecule has 0 bridgehead atoms. The molecule has 1 aliphatic heterocycles. The number of sulfonamides is 1. The van der Waals surface area contributed by atoms with Crippen LogP contribution in [-0.4, -0.2) is 38.9 Å². The summed E-state index contributed by atoms with van der Waals surface area (Å²) in [5.74, 6) is 0. The smallest absolute Gasteiger partial charge is 0.243 e. The van der Waals surface area contributed by atoms with E-state index in [0.717, 1.165) is 11.3 Å². The van der Waals surface area contributed by atoms with Crippen molar-refractivity contribution in [3.8, 4) is 0 Å². The van der Waals surface area contributed by atoms with E-state index in [1.807, 2.05) is 19.1 Å². The molecule has 0 spiro atoms. The van der Waals surface area contributed by atoms with E-state index in [4.69, 9.17) is 23.2 Å². The Labute approximate surface area is 152 Å². The van der Waals surface area contributed by atoms with E-state index in [0.29, 0.717) is 41.1 Å². The van der Waals surface area contributed by atoms with Gasteiger partial charge in [0.05, 0.1) is 15.6 Å². The number of halogens is 2. The normalized spacial score (nSPS) is 16.4. The van der Waals surface area contributed by atoms with Crippen LogP contribution < -0.4 is 4.90 Å². The second-order valence-corrected chi connectivity index (χ2v) is 8.58. The number of piperazine rings is 1. The average Bonchev–Trinajstić information content (AvgIpc) is 2.55. The first-order valence-corrected chi connectivity index (χ1v) is 9.84. The van der Waals surface area contributed by atoms with Crippen LogP contribution in [0.5, 0.6) is 0 Å². The van der Waals surface area contributed by atoms with Crippen molar-refractivity contribution in [2.45, 2.75) is 11.8 Å². The summed E-state index contributed by atoms with van der Waals surface area (Å²) in [5, 5.41) is 1.17. The molecule has 1 aliphatic rings. The van der Waals surface area contributed by atoms with Crippen LogP contribution in [0.15, 0.2) is 47.4 Å². The standard InChI is InChI=1S/C17H18Cl2N2O2S/c1-13-3-2-4-15(11-13)24(22,23)21-9-7-20(8-10-21)17-6-5-14(18)12-16(17)19/h2-6,11-12H,7-10H2,1H3. The molecule has 4 nitrogen and oxygen atoms in total. The zero-order valence-corrected chi connectivity index (χ0v) is 15.6. The van der Waals surface area contributed by atoms with Crippen LogP contribution in [0, 0.1) is 6.92 Å². The minimum absolute atomic E-state index is 0.348. The quantitative estimate of drug-likeness (QED) is 0.807. The highest BCUT2D eigenvalue weighted by Crippen LogP contribution is 2.30. The summed E-state index contributed by atoms with van der Waals surface area (Å²) in [6.45, 7) is 3.92. The summed E-state index contributed by atoms with van der Waals surface area (Å²) in [4.78, 5) is 2.43. The van der Waals surface area contributed by atoms with Crippen LogP contribution >= 0.6 is 23.2 Å². The van der Waals surface area contributed by atoms with Gasteiger partial charge in [-0.1, -0.05) is 35.3 Å². The number of hydrogen-bond acceptors (Lipinski definition) is 3. The van der Waals surface area contributed by atoms with Crippen LogP contribution in [0.4, 0.5) is 5.69 Å². The van der Waals surface area contributed by atoms with Crippen LogP contribution in [-0.2, 0) is 10.0 Å². The number of nitrogens with zero attached hydrogens (tertiary/aromatic N) is 2. The van der Waals surface area contributed by atoms with E-state index in [-0.39, 0.29) is 0 Å². The van der Waals surface area contributed by atoms with Crippen molar-refractivity contribution in [1.82, 2.24) is 4.31 Å². The predicted octanol–water partition coefficient (Wildman–Crippen LogP) is 3.81. The second kappa shape index (κ2) is 6.92. The molecule has 2 aromatic carbocycles. The second-order valence-electron chi connectivity index (χ2n) is 5.80. The lowest BCUT2D eigenvalue weighted by Crippen LogP contribution is -2.48. The van der Waals surface area contributed by atoms with Gasteiger partial charge in [0.1, 0.15) is 0 Å². The lowest BCUT2D eigenvalue weighted by molar-refractivity contribution is 0.385. The fraction of sp³-hybridized carbons (Fsp3) is 0.294. The highest BCUT2D eigenvalue weighted by atomic mass is 35.5. The molecule has 128 valence electrons. The first-order chi connectivity index (χ1) is 11.4. The fourth-order valence-electron chi connectivity index (χ4n) is 2.83. The largest absolute Gasteiger partial charge is 0.368 e. The molecule has 0 saturated carbocycles. The summed E-state index contributed by atoms with van der Waals surface area (Å²) in [7, 11) is -3.45. The molecular weight excluding hydrogens is 367 g/mol. The molecule has 0 unspecified atom stereocenters. The topological polar surface area (TPSA) is 40.6 Å². The zero-order chi connectivity index (χ0) is 17.3. The Morgan fingerprint density at radius 3 is 2.29 bits per heavy atom. The van der Waals surface area contributed by atoms with Crippen molar-refractivity contribution >= 4 is 38.9 Å². The van der Waals surface area contributed by atoms with Gasteiger partial charge in [-0.15, -0.1) is 0 Å². The summed E-state index contributed by atoms with van der Waals surface area (Å²) < 4.78 is 27.0. The highest BCUT2D eigenvalue weighted by molar-refractivity contribution is 7.89. The Morgan fingerprint density at radius 1 is 0.958 bits per heavy atom. The van der Waals surface area contributed by atoms with Gasteiger partial charge in [-0.2, -0.15) is 4.31 Å². The van der Waals surface area contributed by atoms with Crippen molar-refractivity contribution in [2.24, 2.45) is 0 Å². The van der Waals surface area contributed by atoms with E-state index >= 15 is 0 Å². The number of benzene rings is 2. The maximum Gasteiger partial charge on any atom is 0.243 e. The summed E-state index contributed by atoms with van der Waals surface area (Å²) in [6.07, 6.45) is 0. The lowest BCUT2D eigenvalue weighted by atomic mass is 10.2. The van der Waals surface area contributed by atoms with Gasteiger partial charge in [0.15, 0.2) is 0 Å². The van der Waals surface area contributed by atoms with Crippen LogP contribution in [0.3, 0.4) is 0 Å². The fourth-order valence-corrected chi connectivity index (χ4v) is 4.89. The summed E-state index contributed by atoms with van der Waals surface area (Å²) in [5.41, 5.74) is 1.82. The number of hydrogen-bond donors (Lipinski definition) is 0. The van der Waals surface area contributed by atoms with Crippen molar-refractivity contribution in [2.75, 3.05) is 31.1 Å². The van der Waals surface area contributed by atoms with E-state index in [1.54, 1.807) is 30.3 Å². The first kappa shape index (κ1) is 17.5. The summed E-state index contributed by atoms with van der Waals surface area (Å²) in [6, 6.07) is 12.4. The van der Waals surface area contributed by atoms with E-state index in [1.165, 1.54) is 4.31 Å². The van der Waals surface area contributed by atoms with Gasteiger partial charge in [-0.25, -0.2) is 8.42 Å². The third-order valence-electron chi connectivity index (χ3n) is 4.12. The molecule has 1 saturated heterocycles. The monoisotopic (exact) mass is 384 g/mol. The molecule has 7 heteroatoms. The lowest BCUT2D eigenvalue weighted by Gasteiger charge is -2.35. The van der Waals surface area contributed by atoms with Gasteiger partial charge in [0, 0.05) is 31.2 Å². The number of anilines is 1. The molecule has 3 rings (SSSR count). The van der Waals surface area contributed by atoms with Gasteiger partial charge >= 0.3 is 0 Å². The Kier molecular flexibility index (Phi) is 5.06. The molecule has 0 radical (unpaired) electrons. The van der Waals surface area contributed by atoms with Crippen molar-refractivity contribution in [3.63, 3.8) is 0 Å².